The van der Waals surface area contributed by atoms with Crippen molar-refractivity contribution >= 4 is 11.0 Å². The summed E-state index contributed by atoms with van der Waals surface area (Å²) >= 11 is 0. The van der Waals surface area contributed by atoms with E-state index in [2.05, 4.69) is 9.97 Å². The third-order valence-corrected chi connectivity index (χ3v) is 5.35. The number of ether oxygens (including phenoxy) is 1. The molecule has 5 aromatic rings. The topological polar surface area (TPSA) is 57.8 Å². The molecule has 0 radical (unpaired) electrons. The summed E-state index contributed by atoms with van der Waals surface area (Å²) in [5.41, 5.74) is 4.57. The molecule has 0 saturated carbocycles. The van der Waals surface area contributed by atoms with Crippen molar-refractivity contribution in [3.63, 3.8) is 0 Å². The van der Waals surface area contributed by atoms with E-state index in [1.165, 1.54) is 31.4 Å². The number of aromatic nitrogens is 5. The molecule has 0 aliphatic heterocycles. The predicted molar refractivity (Wildman–Crippen MR) is 118 cm³/mol. The largest absolute Gasteiger partial charge is 0.479 e. The zero-order valence-electron chi connectivity index (χ0n) is 17.7. The molecule has 0 spiro atoms. The molecule has 3 heterocycles. The van der Waals surface area contributed by atoms with Crippen LogP contribution in [0.1, 0.15) is 5.69 Å². The number of imidazole rings is 2. The van der Waals surface area contributed by atoms with Crippen LogP contribution in [0.15, 0.2) is 61.1 Å². The van der Waals surface area contributed by atoms with Crippen molar-refractivity contribution in [3.8, 4) is 34.2 Å². The summed E-state index contributed by atoms with van der Waals surface area (Å²) in [6.45, 7) is 1.90. The summed E-state index contributed by atoms with van der Waals surface area (Å²) in [5, 5.41) is 0. The normalized spacial score (nSPS) is 11.3. The van der Waals surface area contributed by atoms with Gasteiger partial charge in [-0.15, -0.1) is 0 Å². The van der Waals surface area contributed by atoms with E-state index < -0.39 is 5.82 Å². The van der Waals surface area contributed by atoms with Gasteiger partial charge in [0.05, 0.1) is 35.9 Å². The minimum absolute atomic E-state index is 0.330. The highest BCUT2D eigenvalue weighted by molar-refractivity contribution is 5.93. The number of halogens is 2. The van der Waals surface area contributed by atoms with E-state index in [1.807, 2.05) is 23.8 Å². The second-order valence-electron chi connectivity index (χ2n) is 7.47. The molecule has 0 fully saturated rings. The van der Waals surface area contributed by atoms with E-state index >= 15 is 0 Å². The lowest BCUT2D eigenvalue weighted by atomic mass is 10.1. The van der Waals surface area contributed by atoms with E-state index in [0.717, 1.165) is 16.9 Å². The minimum Gasteiger partial charge on any atom is -0.479 e. The average molecular weight is 431 g/mol. The van der Waals surface area contributed by atoms with Gasteiger partial charge in [-0.25, -0.2) is 23.7 Å². The van der Waals surface area contributed by atoms with Gasteiger partial charge >= 0.3 is 0 Å². The van der Waals surface area contributed by atoms with Crippen LogP contribution in [0.3, 0.4) is 0 Å². The first-order valence-corrected chi connectivity index (χ1v) is 9.93. The van der Waals surface area contributed by atoms with Crippen LogP contribution in [-0.2, 0) is 7.05 Å². The molecule has 6 nitrogen and oxygen atoms in total. The smallest absolute Gasteiger partial charge is 0.238 e. The molecule has 32 heavy (non-hydrogen) atoms. The Morgan fingerprint density at radius 3 is 2.41 bits per heavy atom. The average Bonchev–Trinajstić information content (AvgIpc) is 3.37. The Labute approximate surface area is 182 Å². The van der Waals surface area contributed by atoms with E-state index in [1.54, 1.807) is 36.1 Å². The predicted octanol–water partition coefficient (Wildman–Crippen LogP) is 5.08. The van der Waals surface area contributed by atoms with Crippen LogP contribution in [0.2, 0.25) is 0 Å². The number of aryl methyl sites for hydroxylation is 2. The summed E-state index contributed by atoms with van der Waals surface area (Å²) in [7, 11) is 3.34. The molecular formula is C24H19F2N5O. The highest BCUT2D eigenvalue weighted by atomic mass is 19.1. The summed E-state index contributed by atoms with van der Waals surface area (Å²) < 4.78 is 37.1. The van der Waals surface area contributed by atoms with Crippen molar-refractivity contribution in [2.45, 2.75) is 6.92 Å². The second-order valence-corrected chi connectivity index (χ2v) is 7.47. The van der Waals surface area contributed by atoms with Gasteiger partial charge in [-0.05, 0) is 55.5 Å². The Morgan fingerprint density at radius 2 is 1.72 bits per heavy atom. The molecule has 2 aromatic carbocycles. The molecule has 0 aliphatic rings. The SMILES string of the molecule is COc1nc(-c2cc(F)cc3c2nc(-c2ccc(F)cc2)n3C)ccc1-n1cnc(C)c1. The first-order chi connectivity index (χ1) is 15.4. The maximum absolute atomic E-state index is 14.6. The summed E-state index contributed by atoms with van der Waals surface area (Å²) in [5.74, 6) is 0.247. The minimum atomic E-state index is -0.406. The summed E-state index contributed by atoms with van der Waals surface area (Å²) in [4.78, 5) is 13.6. The molecule has 0 saturated heterocycles. The number of hydrogen-bond acceptors (Lipinski definition) is 4. The summed E-state index contributed by atoms with van der Waals surface area (Å²) in [6.07, 6.45) is 3.55. The van der Waals surface area contributed by atoms with Crippen LogP contribution in [0.5, 0.6) is 5.88 Å². The summed E-state index contributed by atoms with van der Waals surface area (Å²) in [6, 6.07) is 12.5. The van der Waals surface area contributed by atoms with Crippen LogP contribution in [0, 0.1) is 18.6 Å². The Hall–Kier alpha value is -4.07. The van der Waals surface area contributed by atoms with Crippen molar-refractivity contribution in [1.29, 1.82) is 0 Å². The van der Waals surface area contributed by atoms with E-state index in [0.29, 0.717) is 34.0 Å². The number of nitrogens with zero attached hydrogens (tertiary/aromatic N) is 5. The first-order valence-electron chi connectivity index (χ1n) is 9.93. The quantitative estimate of drug-likeness (QED) is 0.398. The standard InChI is InChI=1S/C24H19F2N5O/c1-14-12-31(13-27-14)20-9-8-19(28-24(20)32-3)18-10-17(26)11-21-22(18)29-23(30(21)2)15-4-6-16(25)7-5-15/h4-13H,1-3H3. The third-order valence-electron chi connectivity index (χ3n) is 5.35. The number of pyridine rings is 1. The monoisotopic (exact) mass is 431 g/mol. The maximum Gasteiger partial charge on any atom is 0.238 e. The third kappa shape index (κ3) is 3.30. The van der Waals surface area contributed by atoms with Gasteiger partial charge in [0.15, 0.2) is 0 Å². The lowest BCUT2D eigenvalue weighted by Gasteiger charge is -2.11. The first kappa shape index (κ1) is 19.9. The Morgan fingerprint density at radius 1 is 0.938 bits per heavy atom. The van der Waals surface area contributed by atoms with E-state index in [4.69, 9.17) is 9.72 Å². The molecule has 5 rings (SSSR count). The van der Waals surface area contributed by atoms with Gasteiger partial charge in [-0.3, -0.25) is 0 Å². The fourth-order valence-corrected chi connectivity index (χ4v) is 3.79. The van der Waals surface area contributed by atoms with Crippen molar-refractivity contribution in [2.75, 3.05) is 7.11 Å². The van der Waals surface area contributed by atoms with Gasteiger partial charge < -0.3 is 13.9 Å². The van der Waals surface area contributed by atoms with Gasteiger partial charge in [0.2, 0.25) is 5.88 Å². The van der Waals surface area contributed by atoms with Crippen molar-refractivity contribution < 1.29 is 13.5 Å². The molecule has 8 heteroatoms. The molecule has 0 atom stereocenters. The zero-order valence-corrected chi connectivity index (χ0v) is 17.7. The van der Waals surface area contributed by atoms with E-state index in [-0.39, 0.29) is 5.82 Å². The number of hydrogen-bond donors (Lipinski definition) is 0. The van der Waals surface area contributed by atoms with Gasteiger partial charge in [0, 0.05) is 24.4 Å². The molecule has 0 amide bonds. The Bertz CT molecular complexity index is 1450. The molecule has 0 aliphatic carbocycles. The number of benzene rings is 2. The number of methoxy groups -OCH3 is 1. The van der Waals surface area contributed by atoms with Gasteiger partial charge in [0.25, 0.3) is 0 Å². The molecule has 0 unspecified atom stereocenters. The van der Waals surface area contributed by atoms with Crippen LogP contribution < -0.4 is 4.74 Å². The van der Waals surface area contributed by atoms with Crippen LogP contribution in [-0.4, -0.2) is 31.2 Å². The Balaban J connectivity index is 1.69. The molecular weight excluding hydrogens is 412 g/mol. The second kappa shape index (κ2) is 7.56. The van der Waals surface area contributed by atoms with Gasteiger partial charge in [0.1, 0.15) is 23.1 Å². The highest BCUT2D eigenvalue weighted by Crippen LogP contribution is 2.34. The van der Waals surface area contributed by atoms with Crippen molar-refractivity contribution in [3.05, 3.63) is 78.4 Å². The lowest BCUT2D eigenvalue weighted by molar-refractivity contribution is 0.396. The van der Waals surface area contributed by atoms with Gasteiger partial charge in [-0.2, -0.15) is 0 Å². The number of rotatable bonds is 4. The van der Waals surface area contributed by atoms with Crippen LogP contribution in [0.4, 0.5) is 8.78 Å². The number of fused-ring (bicyclic) bond motifs is 1. The van der Waals surface area contributed by atoms with Gasteiger partial charge in [-0.1, -0.05) is 0 Å². The molecule has 0 bridgehead atoms. The van der Waals surface area contributed by atoms with Crippen molar-refractivity contribution in [2.24, 2.45) is 7.05 Å². The molecule has 0 N–H and O–H groups in total. The van der Waals surface area contributed by atoms with Crippen molar-refractivity contribution in [1.82, 2.24) is 24.1 Å². The fraction of sp³-hybridized carbons (Fsp3) is 0.125. The fourth-order valence-electron chi connectivity index (χ4n) is 3.79. The zero-order chi connectivity index (χ0) is 22.4. The highest BCUT2D eigenvalue weighted by Gasteiger charge is 2.18. The lowest BCUT2D eigenvalue weighted by Crippen LogP contribution is -1.99. The van der Waals surface area contributed by atoms with Crippen LogP contribution >= 0.6 is 0 Å². The van der Waals surface area contributed by atoms with Crippen LogP contribution in [0.25, 0.3) is 39.4 Å². The Kier molecular flexibility index (Phi) is 4.70. The maximum atomic E-state index is 14.6. The molecule has 3 aromatic heterocycles. The van der Waals surface area contributed by atoms with E-state index in [9.17, 15) is 8.78 Å². The molecule has 160 valence electrons.